The Morgan fingerprint density at radius 3 is 1.92 bits per heavy atom. The van der Waals surface area contributed by atoms with Crippen molar-refractivity contribution in [3.8, 4) is 5.69 Å². The van der Waals surface area contributed by atoms with Gasteiger partial charge in [-0.15, -0.1) is 0 Å². The lowest BCUT2D eigenvalue weighted by molar-refractivity contribution is -0.118. The molecule has 192 valence electrons. The van der Waals surface area contributed by atoms with Crippen molar-refractivity contribution in [2.45, 2.75) is 25.9 Å². The van der Waals surface area contributed by atoms with Gasteiger partial charge in [0.2, 0.25) is 0 Å². The zero-order valence-corrected chi connectivity index (χ0v) is 21.9. The first kappa shape index (κ1) is 25.1. The van der Waals surface area contributed by atoms with E-state index >= 15 is 0 Å². The van der Waals surface area contributed by atoms with E-state index in [-0.39, 0.29) is 17.5 Å². The van der Waals surface area contributed by atoms with Gasteiger partial charge in [0.25, 0.3) is 11.5 Å². The summed E-state index contributed by atoms with van der Waals surface area (Å²) in [5.74, 6) is -0.0504. The number of hydrazine groups is 1. The maximum atomic E-state index is 13.1. The maximum Gasteiger partial charge on any atom is 0.297 e. The first-order valence-corrected chi connectivity index (χ1v) is 12.5. The van der Waals surface area contributed by atoms with E-state index in [1.807, 2.05) is 123 Å². The van der Waals surface area contributed by atoms with Gasteiger partial charge in [-0.1, -0.05) is 60.7 Å². The van der Waals surface area contributed by atoms with Crippen LogP contribution in [0.15, 0.2) is 99.7 Å². The van der Waals surface area contributed by atoms with Crippen molar-refractivity contribution in [2.24, 2.45) is 17.0 Å². The zero-order valence-electron chi connectivity index (χ0n) is 21.9. The molecule has 0 bridgehead atoms. The van der Waals surface area contributed by atoms with Crippen LogP contribution < -0.4 is 10.6 Å². The molecule has 38 heavy (non-hydrogen) atoms. The first-order chi connectivity index (χ1) is 18.4. The summed E-state index contributed by atoms with van der Waals surface area (Å²) >= 11 is 0. The Morgan fingerprint density at radius 2 is 1.32 bits per heavy atom. The summed E-state index contributed by atoms with van der Waals surface area (Å²) in [6.07, 6.45) is 3.43. The largest absolute Gasteiger partial charge is 0.297 e. The quantitative estimate of drug-likeness (QED) is 0.366. The van der Waals surface area contributed by atoms with Crippen LogP contribution in [0.2, 0.25) is 0 Å². The van der Waals surface area contributed by atoms with E-state index in [9.17, 15) is 9.59 Å². The van der Waals surface area contributed by atoms with Gasteiger partial charge in [0.1, 0.15) is 6.04 Å². The second-order valence-corrected chi connectivity index (χ2v) is 9.36. The number of aromatic nitrogens is 2. The van der Waals surface area contributed by atoms with Crippen LogP contribution in [0, 0.1) is 6.92 Å². The minimum absolute atomic E-state index is 0.0504. The molecule has 8 heteroatoms. The third-order valence-electron chi connectivity index (χ3n) is 7.01. The van der Waals surface area contributed by atoms with Crippen molar-refractivity contribution < 1.29 is 4.79 Å². The number of nitrogens with zero attached hydrogens (tertiary/aromatic N) is 6. The van der Waals surface area contributed by atoms with E-state index in [0.29, 0.717) is 5.69 Å². The summed E-state index contributed by atoms with van der Waals surface area (Å²) in [5, 5.41) is 3.61. The van der Waals surface area contributed by atoms with Crippen molar-refractivity contribution >= 4 is 29.7 Å². The summed E-state index contributed by atoms with van der Waals surface area (Å²) in [6.45, 7) is 3.88. The van der Waals surface area contributed by atoms with Gasteiger partial charge in [0, 0.05) is 26.5 Å². The Hall–Kier alpha value is -4.56. The average molecular weight is 507 g/mol. The van der Waals surface area contributed by atoms with E-state index in [1.165, 1.54) is 0 Å². The molecule has 0 aliphatic carbocycles. The van der Waals surface area contributed by atoms with Crippen LogP contribution in [0.5, 0.6) is 0 Å². The molecule has 0 unspecified atom stereocenters. The molecule has 1 aliphatic heterocycles. The third-order valence-corrected chi connectivity index (χ3v) is 7.01. The highest BCUT2D eigenvalue weighted by Gasteiger charge is 2.42. The van der Waals surface area contributed by atoms with Crippen LogP contribution in [-0.2, 0) is 11.8 Å². The number of carbonyl (C=O) groups excluding carboxylic acids is 1. The van der Waals surface area contributed by atoms with Crippen molar-refractivity contribution in [1.82, 2.24) is 14.4 Å². The Kier molecular flexibility index (Phi) is 6.89. The topological polar surface area (TPSA) is 75.2 Å². The number of amides is 1. The van der Waals surface area contributed by atoms with Gasteiger partial charge in [0.15, 0.2) is 5.69 Å². The van der Waals surface area contributed by atoms with Crippen LogP contribution in [0.4, 0.5) is 11.4 Å². The van der Waals surface area contributed by atoms with Gasteiger partial charge in [-0.2, -0.15) is 0 Å². The molecule has 3 aromatic carbocycles. The lowest BCUT2D eigenvalue weighted by Crippen LogP contribution is -2.38. The molecule has 0 N–H and O–H groups in total. The predicted molar refractivity (Wildman–Crippen MR) is 152 cm³/mol. The molecule has 1 amide bonds. The number of para-hydroxylation sites is 2. The molecule has 1 aromatic heterocycles. The molecule has 1 fully saturated rings. The summed E-state index contributed by atoms with van der Waals surface area (Å²) in [5.41, 5.74) is 4.38. The van der Waals surface area contributed by atoms with Gasteiger partial charge in [-0.25, -0.2) is 19.7 Å². The van der Waals surface area contributed by atoms with Gasteiger partial charge >= 0.3 is 0 Å². The fourth-order valence-electron chi connectivity index (χ4n) is 4.62. The highest BCUT2D eigenvalue weighted by atomic mass is 16.2. The van der Waals surface area contributed by atoms with E-state index < -0.39 is 6.04 Å². The molecular weight excluding hydrogens is 476 g/mol. The number of hydrogen-bond acceptors (Lipinski definition) is 5. The molecule has 0 saturated carbocycles. The molecule has 0 spiro atoms. The van der Waals surface area contributed by atoms with Crippen LogP contribution in [0.1, 0.15) is 23.7 Å². The molecular formula is C30H30N6O2. The summed E-state index contributed by atoms with van der Waals surface area (Å²) in [6, 6.07) is 26.2. The summed E-state index contributed by atoms with van der Waals surface area (Å²) < 4.78 is 3.43. The molecule has 1 aliphatic rings. The zero-order chi connectivity index (χ0) is 26.8. The van der Waals surface area contributed by atoms with Crippen LogP contribution >= 0.6 is 0 Å². The number of hydrogen-bond donors (Lipinski definition) is 0. The highest BCUT2D eigenvalue weighted by molar-refractivity contribution is 6.00. The van der Waals surface area contributed by atoms with Crippen LogP contribution in [-0.4, -0.2) is 51.8 Å². The van der Waals surface area contributed by atoms with Crippen LogP contribution in [0.3, 0.4) is 0 Å². The number of rotatable bonds is 6. The molecule has 8 nitrogen and oxygen atoms in total. The van der Waals surface area contributed by atoms with Gasteiger partial charge in [-0.3, -0.25) is 19.3 Å². The number of aliphatic imine (C=N–C) groups is 2. The number of benzene rings is 3. The van der Waals surface area contributed by atoms with Crippen molar-refractivity contribution in [2.75, 3.05) is 12.1 Å². The molecule has 5 rings (SSSR count). The van der Waals surface area contributed by atoms with E-state index in [4.69, 9.17) is 0 Å². The van der Waals surface area contributed by atoms with E-state index in [1.54, 1.807) is 22.1 Å². The highest BCUT2D eigenvalue weighted by Crippen LogP contribution is 2.27. The van der Waals surface area contributed by atoms with E-state index in [2.05, 4.69) is 9.98 Å². The minimum Gasteiger partial charge on any atom is -0.283 e. The fraction of sp³-hybridized carbons (Fsp3) is 0.200. The molecule has 4 aromatic rings. The molecule has 1 saturated heterocycles. The predicted octanol–water partition coefficient (Wildman–Crippen LogP) is 4.30. The summed E-state index contributed by atoms with van der Waals surface area (Å²) in [4.78, 5) is 35.3. The molecule has 0 radical (unpaired) electrons. The van der Waals surface area contributed by atoms with E-state index in [0.717, 1.165) is 28.2 Å². The lowest BCUT2D eigenvalue weighted by Gasteiger charge is -2.26. The molecule has 2 atom stereocenters. The van der Waals surface area contributed by atoms with Crippen LogP contribution in [0.25, 0.3) is 5.69 Å². The Morgan fingerprint density at radius 1 is 0.763 bits per heavy atom. The number of carbonyl (C=O) groups is 1. The molecule has 2 heterocycles. The SMILES string of the molecule is Cc1c(N=Cc2ccc(C=N[C@@H]3C(=O)N(c4ccccc4)N(C)[C@H]3C)cc2)c(=O)n(-c2ccccc2)n1C. The van der Waals surface area contributed by atoms with Gasteiger partial charge < -0.3 is 0 Å². The van der Waals surface area contributed by atoms with Crippen molar-refractivity contribution in [1.29, 1.82) is 0 Å². The van der Waals surface area contributed by atoms with Crippen molar-refractivity contribution in [3.63, 3.8) is 0 Å². The van der Waals surface area contributed by atoms with Gasteiger partial charge in [-0.05, 0) is 49.2 Å². The second kappa shape index (κ2) is 10.4. The average Bonchev–Trinajstić information content (AvgIpc) is 3.29. The number of anilines is 1. The monoisotopic (exact) mass is 506 g/mol. The smallest absolute Gasteiger partial charge is 0.283 e. The second-order valence-electron chi connectivity index (χ2n) is 9.36. The third kappa shape index (κ3) is 4.62. The normalized spacial score (nSPS) is 18.3. The first-order valence-electron chi connectivity index (χ1n) is 12.5. The maximum absolute atomic E-state index is 13.1. The minimum atomic E-state index is -0.491. The lowest BCUT2D eigenvalue weighted by atomic mass is 10.1. The van der Waals surface area contributed by atoms with Gasteiger partial charge in [0.05, 0.1) is 23.1 Å². The Bertz CT molecular complexity index is 1550. The summed E-state index contributed by atoms with van der Waals surface area (Å²) in [7, 11) is 3.76. The van der Waals surface area contributed by atoms with Crippen molar-refractivity contribution in [3.05, 3.63) is 112 Å². The fourth-order valence-corrected chi connectivity index (χ4v) is 4.62. The Labute approximate surface area is 221 Å². The standard InChI is InChI=1S/C30H30N6O2/c1-21-27(29(37)35(33(21)3)25-11-7-5-8-12-25)31-19-23-15-17-24(18-16-23)20-32-28-22(2)34(4)36(30(28)38)26-13-9-6-10-14-26/h5-21,27H,1-4H3/t21-,27-/m0/s1. The Balaban J connectivity index is 1.31. The number of likely N-dealkylation sites (N-methyl/N-ethyl adjacent to an activating group) is 1.